The first-order valence-electron chi connectivity index (χ1n) is 6.68. The van der Waals surface area contributed by atoms with Crippen molar-refractivity contribution in [2.75, 3.05) is 19.7 Å². The van der Waals surface area contributed by atoms with Gasteiger partial charge in [-0.3, -0.25) is 14.9 Å². The second-order valence-electron chi connectivity index (χ2n) is 5.17. The maximum Gasteiger partial charge on any atom is 0.269 e. The minimum absolute atomic E-state index is 0.00182. The molecule has 2 rings (SSSR count). The van der Waals surface area contributed by atoms with Crippen molar-refractivity contribution in [1.29, 1.82) is 0 Å². The molecule has 0 bridgehead atoms. The molecule has 1 aliphatic heterocycles. The zero-order valence-electron chi connectivity index (χ0n) is 11.4. The minimum atomic E-state index is -0.464. The summed E-state index contributed by atoms with van der Waals surface area (Å²) in [5.74, 6) is 0.186. The van der Waals surface area contributed by atoms with Gasteiger partial charge in [0.2, 0.25) is 0 Å². The number of aryl methyl sites for hydroxylation is 1. The zero-order valence-corrected chi connectivity index (χ0v) is 11.4. The Balaban J connectivity index is 2.12. The van der Waals surface area contributed by atoms with Gasteiger partial charge in [0.05, 0.1) is 4.92 Å². The molecule has 1 N–H and O–H groups in total. The number of likely N-dealkylation sites (tertiary alicyclic amines) is 1. The van der Waals surface area contributed by atoms with Crippen molar-refractivity contribution in [1.82, 2.24) is 4.90 Å². The Bertz CT molecular complexity index is 522. The monoisotopic (exact) mass is 278 g/mol. The van der Waals surface area contributed by atoms with E-state index in [1.807, 2.05) is 0 Å². The third-order valence-electron chi connectivity index (χ3n) is 3.81. The van der Waals surface area contributed by atoms with Gasteiger partial charge in [-0.1, -0.05) is 0 Å². The van der Waals surface area contributed by atoms with Crippen LogP contribution in [0.1, 0.15) is 28.8 Å². The van der Waals surface area contributed by atoms with E-state index in [2.05, 4.69) is 0 Å². The molecule has 0 atom stereocenters. The topological polar surface area (TPSA) is 83.7 Å². The fourth-order valence-corrected chi connectivity index (χ4v) is 2.49. The molecule has 0 unspecified atom stereocenters. The van der Waals surface area contributed by atoms with Crippen molar-refractivity contribution in [3.8, 4) is 0 Å². The Morgan fingerprint density at radius 2 is 2.10 bits per heavy atom. The first kappa shape index (κ1) is 14.5. The molecule has 108 valence electrons. The van der Waals surface area contributed by atoms with Crippen molar-refractivity contribution in [2.24, 2.45) is 5.92 Å². The Hall–Kier alpha value is -1.95. The summed E-state index contributed by atoms with van der Waals surface area (Å²) < 4.78 is 0. The fraction of sp³-hybridized carbons (Fsp3) is 0.500. The van der Waals surface area contributed by atoms with Crippen LogP contribution in [0.5, 0.6) is 0 Å². The normalized spacial score (nSPS) is 16.2. The van der Waals surface area contributed by atoms with E-state index in [0.29, 0.717) is 24.2 Å². The number of carbonyl (C=O) groups excluding carboxylic acids is 1. The summed E-state index contributed by atoms with van der Waals surface area (Å²) in [5, 5.41) is 19.8. The summed E-state index contributed by atoms with van der Waals surface area (Å²) >= 11 is 0. The molecule has 1 fully saturated rings. The van der Waals surface area contributed by atoms with E-state index in [1.165, 1.54) is 18.2 Å². The highest BCUT2D eigenvalue weighted by molar-refractivity contribution is 5.96. The van der Waals surface area contributed by atoms with Crippen molar-refractivity contribution in [2.45, 2.75) is 19.8 Å². The highest BCUT2D eigenvalue weighted by Gasteiger charge is 2.24. The van der Waals surface area contributed by atoms with Gasteiger partial charge >= 0.3 is 0 Å². The number of hydrogen-bond acceptors (Lipinski definition) is 4. The summed E-state index contributed by atoms with van der Waals surface area (Å²) in [6, 6.07) is 4.31. The summed E-state index contributed by atoms with van der Waals surface area (Å²) in [7, 11) is 0. The maximum atomic E-state index is 12.4. The minimum Gasteiger partial charge on any atom is -0.396 e. The van der Waals surface area contributed by atoms with Crippen LogP contribution >= 0.6 is 0 Å². The van der Waals surface area contributed by atoms with Gasteiger partial charge in [0.25, 0.3) is 11.6 Å². The van der Waals surface area contributed by atoms with Gasteiger partial charge in [-0.2, -0.15) is 0 Å². The average molecular weight is 278 g/mol. The van der Waals surface area contributed by atoms with E-state index in [9.17, 15) is 14.9 Å². The van der Waals surface area contributed by atoms with Crippen LogP contribution in [-0.4, -0.2) is 40.5 Å². The molecule has 20 heavy (non-hydrogen) atoms. The molecule has 6 heteroatoms. The number of non-ortho nitro benzene ring substituents is 1. The molecule has 0 aromatic heterocycles. The molecule has 1 aromatic carbocycles. The highest BCUT2D eigenvalue weighted by atomic mass is 16.6. The van der Waals surface area contributed by atoms with Crippen LogP contribution < -0.4 is 0 Å². The van der Waals surface area contributed by atoms with Crippen LogP contribution in [0.2, 0.25) is 0 Å². The third kappa shape index (κ3) is 2.96. The van der Waals surface area contributed by atoms with Gasteiger partial charge in [-0.15, -0.1) is 0 Å². The van der Waals surface area contributed by atoms with Crippen molar-refractivity contribution >= 4 is 11.6 Å². The second kappa shape index (κ2) is 6.00. The van der Waals surface area contributed by atoms with Crippen LogP contribution in [0.4, 0.5) is 5.69 Å². The van der Waals surface area contributed by atoms with Gasteiger partial charge in [-0.05, 0) is 37.3 Å². The largest absolute Gasteiger partial charge is 0.396 e. The molecule has 0 spiro atoms. The van der Waals surface area contributed by atoms with Crippen LogP contribution in [-0.2, 0) is 0 Å². The quantitative estimate of drug-likeness (QED) is 0.674. The Labute approximate surface area is 117 Å². The average Bonchev–Trinajstić information content (AvgIpc) is 2.46. The number of nitro groups is 1. The molecule has 1 heterocycles. The summed E-state index contributed by atoms with van der Waals surface area (Å²) in [5.41, 5.74) is 1.13. The van der Waals surface area contributed by atoms with Crippen molar-refractivity contribution in [3.63, 3.8) is 0 Å². The van der Waals surface area contributed by atoms with E-state index in [-0.39, 0.29) is 24.1 Å². The van der Waals surface area contributed by atoms with Gasteiger partial charge in [-0.25, -0.2) is 0 Å². The predicted octanol–water partition coefficient (Wildman–Crippen LogP) is 1.75. The van der Waals surface area contributed by atoms with Crippen molar-refractivity contribution < 1.29 is 14.8 Å². The molecule has 0 saturated carbocycles. The molecule has 1 saturated heterocycles. The van der Waals surface area contributed by atoms with E-state index in [4.69, 9.17) is 5.11 Å². The number of piperidine rings is 1. The molecule has 1 aromatic rings. The number of nitrogens with zero attached hydrogens (tertiary/aromatic N) is 2. The number of nitro benzene ring substituents is 1. The van der Waals surface area contributed by atoms with Gasteiger partial charge in [0, 0.05) is 37.4 Å². The molecule has 0 aliphatic carbocycles. The summed E-state index contributed by atoms with van der Waals surface area (Å²) in [6.07, 6.45) is 1.60. The molecule has 1 aliphatic rings. The van der Waals surface area contributed by atoms with E-state index >= 15 is 0 Å². The number of aliphatic hydroxyl groups excluding tert-OH is 1. The molecular formula is C14H18N2O4. The van der Waals surface area contributed by atoms with E-state index in [0.717, 1.165) is 12.8 Å². The van der Waals surface area contributed by atoms with Crippen LogP contribution in [0.15, 0.2) is 18.2 Å². The lowest BCUT2D eigenvalue weighted by Gasteiger charge is -2.31. The zero-order chi connectivity index (χ0) is 14.7. The molecule has 1 amide bonds. The number of amides is 1. The highest BCUT2D eigenvalue weighted by Crippen LogP contribution is 2.22. The number of rotatable bonds is 3. The number of carbonyl (C=O) groups is 1. The number of aliphatic hydroxyl groups is 1. The molecule has 6 nitrogen and oxygen atoms in total. The Kier molecular flexibility index (Phi) is 4.34. The third-order valence-corrected chi connectivity index (χ3v) is 3.81. The van der Waals surface area contributed by atoms with E-state index < -0.39 is 4.92 Å². The Morgan fingerprint density at radius 3 is 2.60 bits per heavy atom. The lowest BCUT2D eigenvalue weighted by molar-refractivity contribution is -0.384. The van der Waals surface area contributed by atoms with Crippen LogP contribution in [0.3, 0.4) is 0 Å². The first-order valence-corrected chi connectivity index (χ1v) is 6.68. The number of benzene rings is 1. The van der Waals surface area contributed by atoms with Crippen LogP contribution in [0.25, 0.3) is 0 Å². The fourth-order valence-electron chi connectivity index (χ4n) is 2.49. The predicted molar refractivity (Wildman–Crippen MR) is 73.5 cm³/mol. The summed E-state index contributed by atoms with van der Waals surface area (Å²) in [6.45, 7) is 3.13. The standard InChI is InChI=1S/C14H18N2O4/c1-10-8-12(16(19)20)2-3-13(10)14(18)15-6-4-11(9-17)5-7-15/h2-3,8,11,17H,4-7,9H2,1H3. The van der Waals surface area contributed by atoms with Gasteiger partial charge in [0.15, 0.2) is 0 Å². The lowest BCUT2D eigenvalue weighted by atomic mass is 9.97. The van der Waals surface area contributed by atoms with Crippen molar-refractivity contribution in [3.05, 3.63) is 39.4 Å². The van der Waals surface area contributed by atoms with E-state index in [1.54, 1.807) is 11.8 Å². The molecule has 0 radical (unpaired) electrons. The first-order chi connectivity index (χ1) is 9.52. The van der Waals surface area contributed by atoms with Gasteiger partial charge < -0.3 is 10.0 Å². The SMILES string of the molecule is Cc1cc([N+](=O)[O-])ccc1C(=O)N1CCC(CO)CC1. The smallest absolute Gasteiger partial charge is 0.269 e. The second-order valence-corrected chi connectivity index (χ2v) is 5.17. The number of hydrogen-bond donors (Lipinski definition) is 1. The van der Waals surface area contributed by atoms with Gasteiger partial charge in [0.1, 0.15) is 0 Å². The molecular weight excluding hydrogens is 260 g/mol. The van der Waals surface area contributed by atoms with Crippen LogP contribution in [0, 0.1) is 23.0 Å². The Morgan fingerprint density at radius 1 is 1.45 bits per heavy atom. The summed E-state index contributed by atoms with van der Waals surface area (Å²) in [4.78, 5) is 24.4. The maximum absolute atomic E-state index is 12.4. The lowest BCUT2D eigenvalue weighted by Crippen LogP contribution is -2.39.